The average molecular weight is 142 g/mol. The van der Waals surface area contributed by atoms with Crippen LogP contribution in [-0.2, 0) is 4.74 Å². The predicted octanol–water partition coefficient (Wildman–Crippen LogP) is -0.460. The molecule has 3 atom stereocenters. The van der Waals surface area contributed by atoms with Crippen molar-refractivity contribution in [3.05, 3.63) is 0 Å². The first-order valence-electron chi connectivity index (χ1n) is 3.96. The van der Waals surface area contributed by atoms with E-state index in [-0.39, 0.29) is 6.23 Å². The minimum atomic E-state index is 0.281. The van der Waals surface area contributed by atoms with E-state index in [1.165, 1.54) is 0 Å². The number of hydrogen-bond donors (Lipinski definition) is 2. The highest BCUT2D eigenvalue weighted by Gasteiger charge is 2.35. The zero-order chi connectivity index (χ0) is 6.97. The third kappa shape index (κ3) is 0.944. The molecule has 0 aromatic carbocycles. The van der Waals surface area contributed by atoms with Crippen molar-refractivity contribution >= 4 is 0 Å². The van der Waals surface area contributed by atoms with E-state index < -0.39 is 0 Å². The van der Waals surface area contributed by atoms with Gasteiger partial charge in [-0.05, 0) is 5.92 Å². The minimum Gasteiger partial charge on any atom is -0.360 e. The lowest BCUT2D eigenvalue weighted by Gasteiger charge is -2.28. The van der Waals surface area contributed by atoms with Crippen molar-refractivity contribution in [2.45, 2.75) is 19.2 Å². The molecular formula is C7H14N2O. The van der Waals surface area contributed by atoms with E-state index in [0.717, 1.165) is 19.7 Å². The van der Waals surface area contributed by atoms with Crippen molar-refractivity contribution in [2.75, 3.05) is 19.7 Å². The van der Waals surface area contributed by atoms with Crippen LogP contribution in [0.3, 0.4) is 0 Å². The second kappa shape index (κ2) is 2.49. The SMILES string of the molecule is CC1CNC2OCCNC12. The van der Waals surface area contributed by atoms with Crippen LogP contribution in [0.15, 0.2) is 0 Å². The minimum absolute atomic E-state index is 0.281. The van der Waals surface area contributed by atoms with Gasteiger partial charge in [-0.3, -0.25) is 5.32 Å². The molecule has 0 aromatic rings. The first-order valence-corrected chi connectivity index (χ1v) is 3.96. The summed E-state index contributed by atoms with van der Waals surface area (Å²) in [5, 5.41) is 6.77. The van der Waals surface area contributed by atoms with Crippen LogP contribution < -0.4 is 10.6 Å². The normalized spacial score (nSPS) is 47.1. The van der Waals surface area contributed by atoms with Crippen molar-refractivity contribution < 1.29 is 4.74 Å². The quantitative estimate of drug-likeness (QED) is 0.480. The Kier molecular flexibility index (Phi) is 1.64. The summed E-state index contributed by atoms with van der Waals surface area (Å²) < 4.78 is 5.50. The smallest absolute Gasteiger partial charge is 0.123 e. The zero-order valence-electron chi connectivity index (χ0n) is 6.26. The molecular weight excluding hydrogens is 128 g/mol. The zero-order valence-corrected chi connectivity index (χ0v) is 6.26. The molecule has 2 heterocycles. The van der Waals surface area contributed by atoms with E-state index in [1.54, 1.807) is 0 Å². The van der Waals surface area contributed by atoms with E-state index in [4.69, 9.17) is 4.74 Å². The number of fused-ring (bicyclic) bond motifs is 1. The Morgan fingerprint density at radius 3 is 3.10 bits per heavy atom. The molecule has 10 heavy (non-hydrogen) atoms. The summed E-state index contributed by atoms with van der Waals surface area (Å²) in [6.45, 7) is 5.19. The Morgan fingerprint density at radius 1 is 1.40 bits per heavy atom. The molecule has 2 aliphatic rings. The third-order valence-electron chi connectivity index (χ3n) is 2.36. The van der Waals surface area contributed by atoms with Gasteiger partial charge in [-0.1, -0.05) is 6.92 Å². The number of hydrogen-bond acceptors (Lipinski definition) is 3. The fraction of sp³-hybridized carbons (Fsp3) is 1.00. The van der Waals surface area contributed by atoms with Gasteiger partial charge in [-0.25, -0.2) is 0 Å². The van der Waals surface area contributed by atoms with Gasteiger partial charge in [0.1, 0.15) is 6.23 Å². The maximum Gasteiger partial charge on any atom is 0.123 e. The Hall–Kier alpha value is -0.120. The Labute approximate surface area is 61.1 Å². The fourth-order valence-corrected chi connectivity index (χ4v) is 1.74. The standard InChI is InChI=1S/C7H14N2O/c1-5-4-9-7-6(5)8-2-3-10-7/h5-9H,2-4H2,1H3. The molecule has 2 rings (SSSR count). The lowest BCUT2D eigenvalue weighted by atomic mass is 10.1. The molecule has 0 amide bonds. The molecule has 0 spiro atoms. The second-order valence-electron chi connectivity index (χ2n) is 3.16. The molecule has 3 unspecified atom stereocenters. The molecule has 2 saturated heterocycles. The second-order valence-corrected chi connectivity index (χ2v) is 3.16. The number of morpholine rings is 1. The van der Waals surface area contributed by atoms with Crippen molar-refractivity contribution in [3.63, 3.8) is 0 Å². The molecule has 2 aliphatic heterocycles. The van der Waals surface area contributed by atoms with Gasteiger partial charge < -0.3 is 10.1 Å². The number of rotatable bonds is 0. The van der Waals surface area contributed by atoms with E-state index in [1.807, 2.05) is 0 Å². The summed E-state index contributed by atoms with van der Waals surface area (Å²) >= 11 is 0. The molecule has 2 fully saturated rings. The van der Waals surface area contributed by atoms with E-state index in [0.29, 0.717) is 12.0 Å². The molecule has 0 aliphatic carbocycles. The molecule has 0 bridgehead atoms. The van der Waals surface area contributed by atoms with Crippen molar-refractivity contribution in [2.24, 2.45) is 5.92 Å². The van der Waals surface area contributed by atoms with Crippen LogP contribution in [0, 0.1) is 5.92 Å². The summed E-state index contributed by atoms with van der Waals surface area (Å²) in [7, 11) is 0. The topological polar surface area (TPSA) is 33.3 Å². The highest BCUT2D eigenvalue weighted by Crippen LogP contribution is 2.17. The van der Waals surface area contributed by atoms with Crippen LogP contribution in [0.5, 0.6) is 0 Å². The van der Waals surface area contributed by atoms with Gasteiger partial charge in [0.05, 0.1) is 12.6 Å². The Balaban J connectivity index is 2.01. The van der Waals surface area contributed by atoms with Gasteiger partial charge in [-0.15, -0.1) is 0 Å². The van der Waals surface area contributed by atoms with E-state index in [9.17, 15) is 0 Å². The van der Waals surface area contributed by atoms with Gasteiger partial charge in [0.25, 0.3) is 0 Å². The number of nitrogens with one attached hydrogen (secondary N) is 2. The largest absolute Gasteiger partial charge is 0.360 e. The first kappa shape index (κ1) is 6.58. The number of ether oxygens (including phenoxy) is 1. The van der Waals surface area contributed by atoms with Crippen molar-refractivity contribution in [1.82, 2.24) is 10.6 Å². The highest BCUT2D eigenvalue weighted by molar-refractivity contribution is 4.90. The maximum atomic E-state index is 5.50. The summed E-state index contributed by atoms with van der Waals surface area (Å²) in [5.41, 5.74) is 0. The monoisotopic (exact) mass is 142 g/mol. The molecule has 0 radical (unpaired) electrons. The van der Waals surface area contributed by atoms with Crippen LogP contribution in [0.1, 0.15) is 6.92 Å². The van der Waals surface area contributed by atoms with Crippen LogP contribution in [0.2, 0.25) is 0 Å². The van der Waals surface area contributed by atoms with Crippen LogP contribution in [0.4, 0.5) is 0 Å². The van der Waals surface area contributed by atoms with Crippen LogP contribution in [0.25, 0.3) is 0 Å². The van der Waals surface area contributed by atoms with Crippen molar-refractivity contribution in [1.29, 1.82) is 0 Å². The molecule has 0 saturated carbocycles. The molecule has 3 heteroatoms. The van der Waals surface area contributed by atoms with Gasteiger partial charge in [0, 0.05) is 13.1 Å². The molecule has 58 valence electrons. The van der Waals surface area contributed by atoms with Crippen LogP contribution >= 0.6 is 0 Å². The summed E-state index contributed by atoms with van der Waals surface area (Å²) in [5.74, 6) is 0.713. The summed E-state index contributed by atoms with van der Waals surface area (Å²) in [4.78, 5) is 0. The van der Waals surface area contributed by atoms with E-state index >= 15 is 0 Å². The van der Waals surface area contributed by atoms with Gasteiger partial charge in [0.2, 0.25) is 0 Å². The summed E-state index contributed by atoms with van der Waals surface area (Å²) in [6, 6.07) is 0.550. The van der Waals surface area contributed by atoms with Crippen molar-refractivity contribution in [3.8, 4) is 0 Å². The first-order chi connectivity index (χ1) is 4.88. The van der Waals surface area contributed by atoms with Gasteiger partial charge >= 0.3 is 0 Å². The lowest BCUT2D eigenvalue weighted by Crippen LogP contribution is -2.50. The molecule has 2 N–H and O–H groups in total. The van der Waals surface area contributed by atoms with Crippen LogP contribution in [-0.4, -0.2) is 32.0 Å². The Morgan fingerprint density at radius 2 is 2.30 bits per heavy atom. The summed E-state index contributed by atoms with van der Waals surface area (Å²) in [6.07, 6.45) is 0.281. The molecule has 3 nitrogen and oxygen atoms in total. The predicted molar refractivity (Wildman–Crippen MR) is 38.7 cm³/mol. The average Bonchev–Trinajstić information content (AvgIpc) is 2.34. The van der Waals surface area contributed by atoms with Gasteiger partial charge in [-0.2, -0.15) is 0 Å². The lowest BCUT2D eigenvalue weighted by molar-refractivity contribution is -0.00696. The highest BCUT2D eigenvalue weighted by atomic mass is 16.5. The van der Waals surface area contributed by atoms with Gasteiger partial charge in [0.15, 0.2) is 0 Å². The Bertz CT molecular complexity index is 127. The van der Waals surface area contributed by atoms with E-state index in [2.05, 4.69) is 17.6 Å². The third-order valence-corrected chi connectivity index (χ3v) is 2.36. The maximum absolute atomic E-state index is 5.50. The molecule has 0 aromatic heterocycles. The fourth-order valence-electron chi connectivity index (χ4n) is 1.74.